The molecule has 2 amide bonds. The van der Waals surface area contributed by atoms with E-state index >= 15 is 0 Å². The first-order chi connectivity index (χ1) is 22.9. The molecule has 0 aliphatic carbocycles. The van der Waals surface area contributed by atoms with E-state index < -0.39 is 40.8 Å². The molecule has 0 aliphatic heterocycles. The van der Waals surface area contributed by atoms with Gasteiger partial charge in [0.1, 0.15) is 28.5 Å². The van der Waals surface area contributed by atoms with Gasteiger partial charge in [-0.15, -0.1) is 14.2 Å². The first-order valence-electron chi connectivity index (χ1n) is 13.9. The summed E-state index contributed by atoms with van der Waals surface area (Å²) in [5.74, 6) is -2.47. The molecule has 18 heteroatoms. The van der Waals surface area contributed by atoms with Crippen LogP contribution in [-0.4, -0.2) is 75.3 Å². The molecule has 0 bridgehead atoms. The summed E-state index contributed by atoms with van der Waals surface area (Å²) in [5, 5.41) is 38.1. The molecule has 0 spiro atoms. The zero-order chi connectivity index (χ0) is 35.1. The highest BCUT2D eigenvalue weighted by atomic mass is 16.5. The number of pyridine rings is 3. The molecule has 3 heterocycles. The lowest BCUT2D eigenvalue weighted by Gasteiger charge is -2.25. The number of methoxy groups -OCH3 is 3. The predicted octanol–water partition coefficient (Wildman–Crippen LogP) is 0.0642. The molecule has 0 atom stereocenters. The molecule has 4 aromatic rings. The fourth-order valence-corrected chi connectivity index (χ4v) is 4.75. The highest BCUT2D eigenvalue weighted by Crippen LogP contribution is 2.47. The Bertz CT molecular complexity index is 1810. The number of benzene rings is 1. The summed E-state index contributed by atoms with van der Waals surface area (Å²) < 4.78 is 17.5. The molecule has 0 saturated carbocycles. The third kappa shape index (κ3) is 6.76. The van der Waals surface area contributed by atoms with Crippen molar-refractivity contribution >= 4 is 23.3 Å². The summed E-state index contributed by atoms with van der Waals surface area (Å²) in [6, 6.07) is 10.6. The van der Waals surface area contributed by atoms with Crippen LogP contribution in [0.1, 0.15) is 42.6 Å². The second-order valence-electron chi connectivity index (χ2n) is 9.76. The Morgan fingerprint density at radius 1 is 0.604 bits per heavy atom. The van der Waals surface area contributed by atoms with Crippen LogP contribution in [0.3, 0.4) is 0 Å². The van der Waals surface area contributed by atoms with E-state index in [0.717, 1.165) is 18.2 Å². The second-order valence-corrected chi connectivity index (χ2v) is 9.76. The monoisotopic (exact) mass is 666 g/mol. The van der Waals surface area contributed by atoms with Gasteiger partial charge in [0.25, 0.3) is 28.5 Å². The van der Waals surface area contributed by atoms with Crippen molar-refractivity contribution in [2.75, 3.05) is 33.2 Å². The number of ether oxygens (including phenoxy) is 3. The summed E-state index contributed by atoms with van der Waals surface area (Å²) in [7, 11) is 3.83. The van der Waals surface area contributed by atoms with Gasteiger partial charge in [0, 0.05) is 18.2 Å². The number of Topliss-reactive ketones (excluding diaryl/α,β-unsaturated/α-hetero) is 1. The number of rotatable bonds is 13. The van der Waals surface area contributed by atoms with Crippen molar-refractivity contribution < 1.29 is 44.2 Å². The van der Waals surface area contributed by atoms with Gasteiger partial charge in [-0.1, -0.05) is 18.2 Å². The minimum Gasteiger partial charge on any atom is -0.496 e. The highest BCUT2D eigenvalue weighted by Gasteiger charge is 2.28. The molecule has 0 saturated heterocycles. The number of anilines is 1. The minimum absolute atomic E-state index is 0.0111. The number of hydrogen-bond donors (Lipinski definition) is 6. The van der Waals surface area contributed by atoms with Crippen molar-refractivity contribution in [2.24, 2.45) is 0 Å². The highest BCUT2D eigenvalue weighted by molar-refractivity contribution is 5.98. The van der Waals surface area contributed by atoms with Crippen LogP contribution in [0.5, 0.6) is 17.2 Å². The summed E-state index contributed by atoms with van der Waals surface area (Å²) >= 11 is 0. The van der Waals surface area contributed by atoms with Gasteiger partial charge < -0.3 is 45.8 Å². The van der Waals surface area contributed by atoms with E-state index in [4.69, 9.17) is 14.2 Å². The first-order valence-corrected chi connectivity index (χ1v) is 13.9. The maximum atomic E-state index is 13.0. The van der Waals surface area contributed by atoms with Gasteiger partial charge in [0.05, 0.1) is 52.1 Å². The van der Waals surface area contributed by atoms with Gasteiger partial charge in [-0.2, -0.15) is 0 Å². The average molecular weight is 667 g/mol. The zero-order valence-corrected chi connectivity index (χ0v) is 25.7. The van der Waals surface area contributed by atoms with E-state index in [0.29, 0.717) is 0 Å². The normalized spacial score (nSPS) is 10.6. The standard InChI is InChI=1S/C30H30N6O12/c1-46-26-16(13-32-29(41)19-8-5-11-23(39)35(19)44)27(47-2)25(31-15-21(37)18-7-4-10-22(38)34(18)43)28(48-3)17(26)14-33-30(42)20-9-6-12-24(40)36(20)45/h4-12,31,43-45H,13-15H2,1-3H3,(H,32,41)(H,33,42). The lowest BCUT2D eigenvalue weighted by molar-refractivity contribution is 0.0880. The Labute approximate surface area is 269 Å². The number of carbonyl (C=O) groups is 3. The van der Waals surface area contributed by atoms with Gasteiger partial charge in [-0.3, -0.25) is 28.8 Å². The van der Waals surface area contributed by atoms with Crippen molar-refractivity contribution in [3.8, 4) is 17.2 Å². The van der Waals surface area contributed by atoms with Crippen LogP contribution < -0.4 is 46.8 Å². The van der Waals surface area contributed by atoms with Crippen LogP contribution in [-0.2, 0) is 13.1 Å². The predicted molar refractivity (Wildman–Crippen MR) is 165 cm³/mol. The van der Waals surface area contributed by atoms with Gasteiger partial charge >= 0.3 is 0 Å². The fourth-order valence-electron chi connectivity index (χ4n) is 4.75. The van der Waals surface area contributed by atoms with E-state index in [-0.39, 0.29) is 78.4 Å². The third-order valence-electron chi connectivity index (χ3n) is 6.98. The van der Waals surface area contributed by atoms with Crippen LogP contribution in [0, 0.1) is 0 Å². The van der Waals surface area contributed by atoms with Crippen molar-refractivity contribution in [3.63, 3.8) is 0 Å². The quantitative estimate of drug-likeness (QED) is 0.0818. The van der Waals surface area contributed by atoms with E-state index in [1.54, 1.807) is 0 Å². The van der Waals surface area contributed by atoms with Gasteiger partial charge in [-0.25, -0.2) is 0 Å². The fraction of sp³-hybridized carbons (Fsp3) is 0.200. The van der Waals surface area contributed by atoms with E-state index in [1.807, 2.05) is 0 Å². The SMILES string of the molecule is COc1c(CNC(=O)c2cccc(=O)n2O)c(OC)c(NCC(=O)c2cccc(=O)n2O)c(OC)c1CNC(=O)c1cccc(=O)n1O. The molecule has 48 heavy (non-hydrogen) atoms. The number of aromatic nitrogens is 3. The Balaban J connectivity index is 1.80. The molecular weight excluding hydrogens is 636 g/mol. The van der Waals surface area contributed by atoms with Crippen LogP contribution in [0.2, 0.25) is 0 Å². The second kappa shape index (κ2) is 14.6. The molecule has 4 rings (SSSR count). The average Bonchev–Trinajstić information content (AvgIpc) is 3.07. The van der Waals surface area contributed by atoms with Crippen LogP contribution in [0.4, 0.5) is 5.69 Å². The number of nitrogens with one attached hydrogen (secondary N) is 3. The molecule has 0 fully saturated rings. The minimum atomic E-state index is -0.871. The smallest absolute Gasteiger partial charge is 0.283 e. The number of nitrogens with zero attached hydrogens (tertiary/aromatic N) is 3. The Hall–Kier alpha value is -6.72. The van der Waals surface area contributed by atoms with E-state index in [1.165, 1.54) is 57.7 Å². The maximum absolute atomic E-state index is 13.0. The Kier molecular flexibility index (Phi) is 10.4. The molecule has 0 unspecified atom stereocenters. The number of ketones is 1. The molecule has 0 radical (unpaired) electrons. The molecule has 6 N–H and O–H groups in total. The number of hydrogen-bond acceptors (Lipinski definition) is 13. The van der Waals surface area contributed by atoms with Crippen LogP contribution >= 0.6 is 0 Å². The molecule has 18 nitrogen and oxygen atoms in total. The third-order valence-corrected chi connectivity index (χ3v) is 6.98. The molecule has 252 valence electrons. The molecule has 3 aromatic heterocycles. The number of amides is 2. The molecule has 1 aromatic carbocycles. The largest absolute Gasteiger partial charge is 0.496 e. The molecular formula is C30H30N6O12. The van der Waals surface area contributed by atoms with E-state index in [9.17, 15) is 44.4 Å². The van der Waals surface area contributed by atoms with Gasteiger partial charge in [-0.05, 0) is 18.2 Å². The van der Waals surface area contributed by atoms with Crippen molar-refractivity contribution in [1.82, 2.24) is 24.8 Å². The Morgan fingerprint density at radius 3 is 1.38 bits per heavy atom. The zero-order valence-electron chi connectivity index (χ0n) is 25.7. The van der Waals surface area contributed by atoms with Gasteiger partial charge in [0.2, 0.25) is 5.78 Å². The summed E-state index contributed by atoms with van der Waals surface area (Å²) in [5.41, 5.74) is -3.37. The van der Waals surface area contributed by atoms with Crippen molar-refractivity contribution in [1.29, 1.82) is 0 Å². The summed E-state index contributed by atoms with van der Waals surface area (Å²) in [6.45, 7) is -1.26. The summed E-state index contributed by atoms with van der Waals surface area (Å²) in [6.07, 6.45) is 0. The topological polar surface area (TPSA) is 242 Å². The maximum Gasteiger partial charge on any atom is 0.283 e. The number of carbonyl (C=O) groups excluding carboxylic acids is 3. The van der Waals surface area contributed by atoms with Crippen molar-refractivity contribution in [2.45, 2.75) is 13.1 Å². The Morgan fingerprint density at radius 2 is 0.979 bits per heavy atom. The van der Waals surface area contributed by atoms with Crippen molar-refractivity contribution in [3.05, 3.63) is 114 Å². The first kappa shape index (κ1) is 34.2. The van der Waals surface area contributed by atoms with Gasteiger partial charge in [0.15, 0.2) is 11.5 Å². The van der Waals surface area contributed by atoms with E-state index in [2.05, 4.69) is 16.0 Å². The molecule has 0 aliphatic rings. The summed E-state index contributed by atoms with van der Waals surface area (Å²) in [4.78, 5) is 74.6. The lowest BCUT2D eigenvalue weighted by atomic mass is 10.0. The van der Waals surface area contributed by atoms with Crippen LogP contribution in [0.15, 0.2) is 69.0 Å². The lowest BCUT2D eigenvalue weighted by Crippen LogP contribution is -2.32. The van der Waals surface area contributed by atoms with Crippen LogP contribution in [0.25, 0.3) is 0 Å².